The molecular weight excluding hydrogens is 404 g/mol. The number of carbonyl (C=O) groups is 1. The molecule has 0 aliphatic carbocycles. The maximum atomic E-state index is 12.5. The normalized spacial score (nSPS) is 17.5. The summed E-state index contributed by atoms with van der Waals surface area (Å²) in [6, 6.07) is 16.4. The number of nitrogens with zero attached hydrogens (tertiary/aromatic N) is 2. The largest absolute Gasteiger partial charge is 0.417 e. The van der Waals surface area contributed by atoms with Gasteiger partial charge in [0, 0.05) is 49.9 Å². The molecule has 7 nitrogen and oxygen atoms in total. The molecule has 2 fully saturated rings. The highest BCUT2D eigenvalue weighted by molar-refractivity contribution is 5.77. The number of hydrogen-bond donors (Lipinski definition) is 2. The van der Waals surface area contributed by atoms with Crippen LogP contribution in [-0.4, -0.2) is 48.6 Å². The predicted octanol–water partition coefficient (Wildman–Crippen LogP) is 3.76. The molecule has 7 heteroatoms. The first-order chi connectivity index (χ1) is 15.6. The van der Waals surface area contributed by atoms with Crippen LogP contribution >= 0.6 is 0 Å². The maximum absolute atomic E-state index is 12.5. The van der Waals surface area contributed by atoms with E-state index in [-0.39, 0.29) is 6.03 Å². The van der Waals surface area contributed by atoms with Gasteiger partial charge in [-0.25, -0.2) is 9.59 Å². The van der Waals surface area contributed by atoms with Gasteiger partial charge in [0.25, 0.3) is 0 Å². The summed E-state index contributed by atoms with van der Waals surface area (Å²) >= 11 is 0. The Labute approximate surface area is 187 Å². The molecule has 1 spiro atoms. The quantitative estimate of drug-likeness (QED) is 0.579. The Bertz CT molecular complexity index is 1120. The number of fused-ring (bicyclic) bond motifs is 1. The average Bonchev–Trinajstić information content (AvgIpc) is 3.17. The lowest BCUT2D eigenvalue weighted by molar-refractivity contribution is 0.0901. The Hall–Kier alpha value is -3.22. The summed E-state index contributed by atoms with van der Waals surface area (Å²) in [6.45, 7) is 4.34. The van der Waals surface area contributed by atoms with Crippen LogP contribution < -0.4 is 16.0 Å². The Morgan fingerprint density at radius 2 is 1.84 bits per heavy atom. The lowest BCUT2D eigenvalue weighted by atomic mass is 9.72. The minimum atomic E-state index is -0.418. The second-order valence-corrected chi connectivity index (χ2v) is 9.21. The van der Waals surface area contributed by atoms with Gasteiger partial charge in [-0.05, 0) is 49.8 Å². The van der Waals surface area contributed by atoms with E-state index in [9.17, 15) is 9.59 Å². The Morgan fingerprint density at radius 1 is 1.06 bits per heavy atom. The van der Waals surface area contributed by atoms with E-state index < -0.39 is 5.76 Å². The third-order valence-electron chi connectivity index (χ3n) is 6.94. The smallest absolute Gasteiger partial charge is 0.408 e. The van der Waals surface area contributed by atoms with E-state index in [1.54, 1.807) is 0 Å². The molecule has 2 N–H and O–H groups in total. The number of H-pyrrole nitrogens is 1. The summed E-state index contributed by atoms with van der Waals surface area (Å²) in [5.41, 5.74) is 4.06. The van der Waals surface area contributed by atoms with E-state index in [0.717, 1.165) is 76.0 Å². The number of carbonyl (C=O) groups excluding carboxylic acids is 1. The topological polar surface area (TPSA) is 81.6 Å². The molecule has 0 radical (unpaired) electrons. The minimum Gasteiger partial charge on any atom is -0.408 e. The molecule has 5 rings (SSSR count). The van der Waals surface area contributed by atoms with Crippen molar-refractivity contribution < 1.29 is 9.21 Å². The molecule has 0 saturated carbocycles. The summed E-state index contributed by atoms with van der Waals surface area (Å²) in [6.07, 6.45) is 5.21. The number of likely N-dealkylation sites (tertiary alicyclic amines) is 1. The number of anilines is 1. The highest BCUT2D eigenvalue weighted by atomic mass is 16.4. The van der Waals surface area contributed by atoms with Crippen LogP contribution in [0.5, 0.6) is 0 Å². The average molecular weight is 435 g/mol. The number of unbranched alkanes of at least 4 members (excludes halogenated alkanes) is 1. The minimum absolute atomic E-state index is 0.0729. The Kier molecular flexibility index (Phi) is 5.64. The van der Waals surface area contributed by atoms with Crippen molar-refractivity contribution in [2.24, 2.45) is 5.41 Å². The van der Waals surface area contributed by atoms with Crippen LogP contribution in [0.4, 0.5) is 10.5 Å². The second kappa shape index (κ2) is 8.73. The number of rotatable bonds is 6. The number of aromatic amines is 1. The summed E-state index contributed by atoms with van der Waals surface area (Å²) < 4.78 is 5.19. The maximum Gasteiger partial charge on any atom is 0.417 e. The fourth-order valence-corrected chi connectivity index (χ4v) is 4.98. The first kappa shape index (κ1) is 20.7. The molecule has 2 aromatic carbocycles. The number of aromatic nitrogens is 1. The highest BCUT2D eigenvalue weighted by Gasteiger charge is 2.45. The summed E-state index contributed by atoms with van der Waals surface area (Å²) in [7, 11) is 0. The van der Waals surface area contributed by atoms with Gasteiger partial charge in [0.2, 0.25) is 0 Å². The van der Waals surface area contributed by atoms with Crippen molar-refractivity contribution in [1.29, 1.82) is 0 Å². The van der Waals surface area contributed by atoms with Crippen LogP contribution in [0, 0.1) is 5.41 Å². The van der Waals surface area contributed by atoms with Crippen LogP contribution in [0.2, 0.25) is 0 Å². The number of nitrogens with one attached hydrogen (secondary N) is 2. The van der Waals surface area contributed by atoms with Crippen molar-refractivity contribution in [2.75, 3.05) is 37.6 Å². The number of aryl methyl sites for hydroxylation is 1. The number of urea groups is 1. The molecular formula is C25H30N4O3. The first-order valence-electron chi connectivity index (χ1n) is 11.5. The molecule has 32 heavy (non-hydrogen) atoms. The Balaban J connectivity index is 1.03. The van der Waals surface area contributed by atoms with Gasteiger partial charge in [0.05, 0.1) is 5.52 Å². The Morgan fingerprint density at radius 3 is 2.62 bits per heavy atom. The third kappa shape index (κ3) is 4.38. The molecule has 1 aromatic heterocycles. The molecule has 2 saturated heterocycles. The molecule has 0 atom stereocenters. The van der Waals surface area contributed by atoms with Crippen molar-refractivity contribution in [1.82, 2.24) is 15.2 Å². The first-order valence-corrected chi connectivity index (χ1v) is 11.5. The van der Waals surface area contributed by atoms with Gasteiger partial charge in [-0.3, -0.25) is 4.98 Å². The van der Waals surface area contributed by atoms with Gasteiger partial charge in [0.1, 0.15) is 0 Å². The molecule has 2 amide bonds. The number of hydrogen-bond acceptors (Lipinski definition) is 4. The van der Waals surface area contributed by atoms with Crippen molar-refractivity contribution >= 4 is 22.8 Å². The fourth-order valence-electron chi connectivity index (χ4n) is 4.98. The molecule has 2 aliphatic heterocycles. The molecule has 2 aliphatic rings. The van der Waals surface area contributed by atoms with Crippen LogP contribution in [-0.2, 0) is 6.42 Å². The van der Waals surface area contributed by atoms with Gasteiger partial charge in [-0.15, -0.1) is 0 Å². The van der Waals surface area contributed by atoms with E-state index >= 15 is 0 Å². The van der Waals surface area contributed by atoms with Crippen molar-refractivity contribution in [2.45, 2.75) is 32.1 Å². The van der Waals surface area contributed by atoms with Crippen molar-refractivity contribution in [3.63, 3.8) is 0 Å². The predicted molar refractivity (Wildman–Crippen MR) is 125 cm³/mol. The van der Waals surface area contributed by atoms with E-state index in [1.807, 2.05) is 29.2 Å². The van der Waals surface area contributed by atoms with Gasteiger partial charge in [-0.2, -0.15) is 0 Å². The van der Waals surface area contributed by atoms with Gasteiger partial charge >= 0.3 is 11.8 Å². The number of benzene rings is 2. The van der Waals surface area contributed by atoms with Crippen molar-refractivity contribution in [3.8, 4) is 0 Å². The van der Waals surface area contributed by atoms with Gasteiger partial charge in [0.15, 0.2) is 5.58 Å². The van der Waals surface area contributed by atoms with Crippen molar-refractivity contribution in [3.05, 3.63) is 64.6 Å². The van der Waals surface area contributed by atoms with Crippen LogP contribution in [0.3, 0.4) is 0 Å². The standard InChI is InChI=1S/C25H30N4O3/c30-23(26-13-5-4-8-19-6-2-1-3-7-19)28-14-11-25(12-15-28)17-29(18-25)20-9-10-21-22(16-20)32-24(31)27-21/h1-3,6-7,9-10,16H,4-5,8,11-15,17-18H2,(H,26,30)(H,27,31). The van der Waals surface area contributed by atoms with Crippen LogP contribution in [0.15, 0.2) is 57.7 Å². The van der Waals surface area contributed by atoms with E-state index in [2.05, 4.69) is 39.5 Å². The van der Waals surface area contributed by atoms with E-state index in [0.29, 0.717) is 11.0 Å². The molecule has 168 valence electrons. The SMILES string of the molecule is O=C(NCCCCc1ccccc1)N1CCC2(CC1)CN(c1ccc3[nH]c(=O)oc3c1)C2. The number of amides is 2. The zero-order valence-corrected chi connectivity index (χ0v) is 18.3. The molecule has 0 unspecified atom stereocenters. The summed E-state index contributed by atoms with van der Waals surface area (Å²) in [4.78, 5) is 30.9. The monoisotopic (exact) mass is 434 g/mol. The van der Waals surface area contributed by atoms with Crippen LogP contribution in [0.1, 0.15) is 31.2 Å². The highest BCUT2D eigenvalue weighted by Crippen LogP contribution is 2.42. The van der Waals surface area contributed by atoms with Gasteiger partial charge < -0.3 is 19.5 Å². The lowest BCUT2D eigenvalue weighted by Crippen LogP contribution is -2.61. The third-order valence-corrected chi connectivity index (χ3v) is 6.94. The van der Waals surface area contributed by atoms with E-state index in [4.69, 9.17) is 4.42 Å². The second-order valence-electron chi connectivity index (χ2n) is 9.21. The van der Waals surface area contributed by atoms with Gasteiger partial charge in [-0.1, -0.05) is 30.3 Å². The molecule has 0 bridgehead atoms. The number of piperidine rings is 1. The summed E-state index contributed by atoms with van der Waals surface area (Å²) in [5.74, 6) is -0.418. The summed E-state index contributed by atoms with van der Waals surface area (Å²) in [5, 5.41) is 3.09. The number of oxazole rings is 1. The van der Waals surface area contributed by atoms with E-state index in [1.165, 1.54) is 5.56 Å². The zero-order chi connectivity index (χ0) is 22.0. The van der Waals surface area contributed by atoms with Crippen LogP contribution in [0.25, 0.3) is 11.1 Å². The fraction of sp³-hybridized carbons (Fsp3) is 0.440. The molecule has 3 heterocycles. The molecule has 3 aromatic rings. The lowest BCUT2D eigenvalue weighted by Gasteiger charge is -2.55. The zero-order valence-electron chi connectivity index (χ0n) is 18.3.